The molecule has 0 aromatic rings. The van der Waals surface area contributed by atoms with Gasteiger partial charge in [0, 0.05) is 52.4 Å². The first kappa shape index (κ1) is 18.4. The normalized spacial score (nSPS) is 22.6. The maximum Gasteiger partial charge on any atom is 0.317 e. The first-order chi connectivity index (χ1) is 10.0. The first-order valence-electron chi connectivity index (χ1n) is 8.12. The highest BCUT2D eigenvalue weighted by Gasteiger charge is 2.15. The SMILES string of the molecule is CCN1CCN(C)CCN(CC)CCN(CC(=O)O)CC1. The van der Waals surface area contributed by atoms with Crippen molar-refractivity contribution in [2.24, 2.45) is 0 Å². The van der Waals surface area contributed by atoms with Gasteiger partial charge >= 0.3 is 5.97 Å². The molecule has 0 spiro atoms. The van der Waals surface area contributed by atoms with Crippen molar-refractivity contribution in [3.8, 4) is 0 Å². The van der Waals surface area contributed by atoms with Gasteiger partial charge in [-0.25, -0.2) is 0 Å². The highest BCUT2D eigenvalue weighted by Crippen LogP contribution is 1.99. The molecule has 0 aromatic heterocycles. The summed E-state index contributed by atoms with van der Waals surface area (Å²) < 4.78 is 0. The predicted molar refractivity (Wildman–Crippen MR) is 85.8 cm³/mol. The number of carbonyl (C=O) groups is 1. The van der Waals surface area contributed by atoms with Gasteiger partial charge < -0.3 is 19.8 Å². The van der Waals surface area contributed by atoms with Crippen molar-refractivity contribution in [1.29, 1.82) is 0 Å². The average Bonchev–Trinajstić information content (AvgIpc) is 2.45. The highest BCUT2D eigenvalue weighted by molar-refractivity contribution is 5.69. The molecule has 1 aliphatic rings. The third-order valence-corrected chi connectivity index (χ3v) is 4.31. The van der Waals surface area contributed by atoms with E-state index in [2.05, 4.69) is 40.5 Å². The fraction of sp³-hybridized carbons (Fsp3) is 0.933. The van der Waals surface area contributed by atoms with E-state index in [1.165, 1.54) is 0 Å². The van der Waals surface area contributed by atoms with E-state index in [1.807, 2.05) is 0 Å². The lowest BCUT2D eigenvalue weighted by Crippen LogP contribution is -2.46. The van der Waals surface area contributed by atoms with E-state index in [1.54, 1.807) is 0 Å². The Hall–Kier alpha value is -0.690. The fourth-order valence-electron chi connectivity index (χ4n) is 2.62. The summed E-state index contributed by atoms with van der Waals surface area (Å²) in [5.74, 6) is -0.729. The Kier molecular flexibility index (Phi) is 8.84. The molecule has 1 N–H and O–H groups in total. The van der Waals surface area contributed by atoms with Gasteiger partial charge in [-0.2, -0.15) is 0 Å². The van der Waals surface area contributed by atoms with Crippen LogP contribution in [0.2, 0.25) is 0 Å². The van der Waals surface area contributed by atoms with Gasteiger partial charge in [0.2, 0.25) is 0 Å². The number of hydrogen-bond donors (Lipinski definition) is 1. The molecule has 0 radical (unpaired) electrons. The van der Waals surface area contributed by atoms with Gasteiger partial charge in [0.15, 0.2) is 0 Å². The number of aliphatic carboxylic acids is 1. The number of nitrogens with zero attached hydrogens (tertiary/aromatic N) is 4. The molecule has 1 heterocycles. The Labute approximate surface area is 129 Å². The lowest BCUT2D eigenvalue weighted by atomic mass is 10.3. The molecule has 1 aliphatic heterocycles. The van der Waals surface area contributed by atoms with Crippen LogP contribution in [0.25, 0.3) is 0 Å². The molecule has 0 aliphatic carbocycles. The third-order valence-electron chi connectivity index (χ3n) is 4.31. The third kappa shape index (κ3) is 7.76. The summed E-state index contributed by atoms with van der Waals surface area (Å²) in [6.07, 6.45) is 0. The smallest absolute Gasteiger partial charge is 0.317 e. The molecule has 6 nitrogen and oxygen atoms in total. The van der Waals surface area contributed by atoms with Crippen molar-refractivity contribution >= 4 is 5.97 Å². The van der Waals surface area contributed by atoms with Crippen LogP contribution < -0.4 is 0 Å². The molecule has 0 amide bonds. The molecule has 0 bridgehead atoms. The van der Waals surface area contributed by atoms with E-state index in [9.17, 15) is 4.79 Å². The molecule has 0 atom stereocenters. The number of carboxylic acid groups (broad SMARTS) is 1. The van der Waals surface area contributed by atoms with E-state index in [0.717, 1.165) is 65.4 Å². The number of likely N-dealkylation sites (N-methyl/N-ethyl adjacent to an activating group) is 3. The van der Waals surface area contributed by atoms with Gasteiger partial charge in [0.05, 0.1) is 6.54 Å². The predicted octanol–water partition coefficient (Wildman–Crippen LogP) is -0.0378. The summed E-state index contributed by atoms with van der Waals surface area (Å²) in [7, 11) is 2.18. The minimum Gasteiger partial charge on any atom is -0.480 e. The lowest BCUT2D eigenvalue weighted by Gasteiger charge is -2.32. The summed E-state index contributed by atoms with van der Waals surface area (Å²) >= 11 is 0. The lowest BCUT2D eigenvalue weighted by molar-refractivity contribution is -0.138. The molecule has 1 fully saturated rings. The number of carboxylic acids is 1. The number of rotatable bonds is 4. The summed E-state index contributed by atoms with van der Waals surface area (Å²) in [4.78, 5) is 20.3. The van der Waals surface area contributed by atoms with Crippen molar-refractivity contribution < 1.29 is 9.90 Å². The maximum absolute atomic E-state index is 11.0. The van der Waals surface area contributed by atoms with Gasteiger partial charge in [-0.1, -0.05) is 13.8 Å². The van der Waals surface area contributed by atoms with Gasteiger partial charge in [-0.3, -0.25) is 9.69 Å². The minimum absolute atomic E-state index is 0.148. The maximum atomic E-state index is 11.0. The van der Waals surface area contributed by atoms with Crippen LogP contribution in [0.5, 0.6) is 0 Å². The van der Waals surface area contributed by atoms with Crippen LogP contribution in [-0.2, 0) is 4.79 Å². The molecule has 1 saturated heterocycles. The monoisotopic (exact) mass is 300 g/mol. The Morgan fingerprint density at radius 3 is 1.57 bits per heavy atom. The second-order valence-electron chi connectivity index (χ2n) is 5.84. The average molecular weight is 300 g/mol. The van der Waals surface area contributed by atoms with E-state index in [4.69, 9.17) is 5.11 Å². The second-order valence-corrected chi connectivity index (χ2v) is 5.84. The van der Waals surface area contributed by atoms with Crippen LogP contribution in [0.4, 0.5) is 0 Å². The van der Waals surface area contributed by atoms with Gasteiger partial charge in [-0.15, -0.1) is 0 Å². The summed E-state index contributed by atoms with van der Waals surface area (Å²) in [5.41, 5.74) is 0. The highest BCUT2D eigenvalue weighted by atomic mass is 16.4. The minimum atomic E-state index is -0.729. The molecular weight excluding hydrogens is 268 g/mol. The zero-order valence-corrected chi connectivity index (χ0v) is 13.9. The molecule has 124 valence electrons. The standard InChI is InChI=1S/C15H32N4O2/c1-4-17-8-6-16(3)7-9-18(5-2)11-13-19(12-10-17)14-15(20)21/h4-14H2,1-3H3,(H,20,21). The molecule has 0 saturated carbocycles. The zero-order valence-electron chi connectivity index (χ0n) is 13.9. The Balaban J connectivity index is 2.62. The van der Waals surface area contributed by atoms with Crippen molar-refractivity contribution in [2.45, 2.75) is 13.8 Å². The molecule has 1 rings (SSSR count). The quantitative estimate of drug-likeness (QED) is 0.786. The van der Waals surface area contributed by atoms with Crippen LogP contribution in [0, 0.1) is 0 Å². The van der Waals surface area contributed by atoms with E-state index in [-0.39, 0.29) is 6.54 Å². The number of hydrogen-bond acceptors (Lipinski definition) is 5. The molecule has 0 unspecified atom stereocenters. The van der Waals surface area contributed by atoms with E-state index < -0.39 is 5.97 Å². The molecule has 21 heavy (non-hydrogen) atoms. The largest absolute Gasteiger partial charge is 0.480 e. The molecular formula is C15H32N4O2. The van der Waals surface area contributed by atoms with Crippen LogP contribution in [0.3, 0.4) is 0 Å². The van der Waals surface area contributed by atoms with Gasteiger partial charge in [0.25, 0.3) is 0 Å². The second kappa shape index (κ2) is 10.1. The van der Waals surface area contributed by atoms with E-state index in [0.29, 0.717) is 0 Å². The summed E-state index contributed by atoms with van der Waals surface area (Å²) in [6.45, 7) is 14.4. The topological polar surface area (TPSA) is 50.3 Å². The molecule has 6 heteroatoms. The Morgan fingerprint density at radius 1 is 0.810 bits per heavy atom. The first-order valence-corrected chi connectivity index (χ1v) is 8.12. The summed E-state index contributed by atoms with van der Waals surface area (Å²) in [6, 6.07) is 0. The Morgan fingerprint density at radius 2 is 1.19 bits per heavy atom. The van der Waals surface area contributed by atoms with Crippen molar-refractivity contribution in [1.82, 2.24) is 19.6 Å². The van der Waals surface area contributed by atoms with Crippen LogP contribution >= 0.6 is 0 Å². The Bertz CT molecular complexity index is 281. The van der Waals surface area contributed by atoms with Crippen molar-refractivity contribution in [3.63, 3.8) is 0 Å². The fourth-order valence-corrected chi connectivity index (χ4v) is 2.62. The van der Waals surface area contributed by atoms with Crippen molar-refractivity contribution in [2.75, 3.05) is 79.0 Å². The van der Waals surface area contributed by atoms with Gasteiger partial charge in [-0.05, 0) is 20.1 Å². The van der Waals surface area contributed by atoms with Crippen LogP contribution in [0.1, 0.15) is 13.8 Å². The van der Waals surface area contributed by atoms with Crippen LogP contribution in [-0.4, -0.2) is 110 Å². The van der Waals surface area contributed by atoms with Crippen molar-refractivity contribution in [3.05, 3.63) is 0 Å². The van der Waals surface area contributed by atoms with Gasteiger partial charge in [0.1, 0.15) is 0 Å². The van der Waals surface area contributed by atoms with Crippen LogP contribution in [0.15, 0.2) is 0 Å². The zero-order chi connectivity index (χ0) is 15.7. The summed E-state index contributed by atoms with van der Waals surface area (Å²) in [5, 5.41) is 9.06. The molecule has 0 aromatic carbocycles. The van der Waals surface area contributed by atoms with E-state index >= 15 is 0 Å².